The molecule has 1 heterocycles. The fourth-order valence-corrected chi connectivity index (χ4v) is 2.15. The summed E-state index contributed by atoms with van der Waals surface area (Å²) in [7, 11) is 0. The first-order valence-corrected chi connectivity index (χ1v) is 6.17. The molecule has 84 valence electrons. The van der Waals surface area contributed by atoms with Crippen molar-refractivity contribution in [2.45, 2.75) is 58.5 Å². The Kier molecular flexibility index (Phi) is 5.49. The standard InChI is InChI=1S/C12H26N2/c1-11(2)13-8-6-7-12(3)14-9-4-5-10-14/h11-13H,4-10H2,1-3H3. The van der Waals surface area contributed by atoms with E-state index in [4.69, 9.17) is 0 Å². The number of nitrogens with one attached hydrogen (secondary N) is 1. The van der Waals surface area contributed by atoms with Crippen molar-refractivity contribution in [2.75, 3.05) is 19.6 Å². The zero-order valence-electron chi connectivity index (χ0n) is 10.1. The molecule has 1 fully saturated rings. The molecule has 0 spiro atoms. The Morgan fingerprint density at radius 2 is 1.79 bits per heavy atom. The van der Waals surface area contributed by atoms with Crippen LogP contribution in [0.1, 0.15) is 46.5 Å². The van der Waals surface area contributed by atoms with Crippen LogP contribution < -0.4 is 5.32 Å². The molecule has 0 amide bonds. The molecule has 2 heteroatoms. The smallest absolute Gasteiger partial charge is 0.00674 e. The third kappa shape index (κ3) is 4.43. The average molecular weight is 198 g/mol. The molecule has 0 aromatic rings. The van der Waals surface area contributed by atoms with Gasteiger partial charge in [0.25, 0.3) is 0 Å². The Hall–Kier alpha value is -0.0800. The molecule has 0 bridgehead atoms. The van der Waals surface area contributed by atoms with E-state index in [9.17, 15) is 0 Å². The van der Waals surface area contributed by atoms with Crippen molar-refractivity contribution in [3.8, 4) is 0 Å². The van der Waals surface area contributed by atoms with Crippen LogP contribution in [0.5, 0.6) is 0 Å². The SMILES string of the molecule is CC(C)NCCCC(C)N1CCCC1. The maximum absolute atomic E-state index is 3.47. The highest BCUT2D eigenvalue weighted by Crippen LogP contribution is 2.14. The quantitative estimate of drug-likeness (QED) is 0.659. The summed E-state index contributed by atoms with van der Waals surface area (Å²) in [6, 6.07) is 1.43. The second kappa shape index (κ2) is 6.41. The molecule has 1 aliphatic rings. The highest BCUT2D eigenvalue weighted by atomic mass is 15.2. The second-order valence-electron chi connectivity index (χ2n) is 4.84. The Morgan fingerprint density at radius 1 is 1.14 bits per heavy atom. The summed E-state index contributed by atoms with van der Waals surface area (Å²) in [5.74, 6) is 0. The molecule has 1 atom stereocenters. The van der Waals surface area contributed by atoms with Crippen LogP contribution in [0, 0.1) is 0 Å². The van der Waals surface area contributed by atoms with Gasteiger partial charge in [-0.05, 0) is 52.2 Å². The molecule has 0 saturated carbocycles. The second-order valence-corrected chi connectivity index (χ2v) is 4.84. The van der Waals surface area contributed by atoms with E-state index in [1.54, 1.807) is 0 Å². The van der Waals surface area contributed by atoms with E-state index < -0.39 is 0 Å². The number of rotatable bonds is 6. The van der Waals surface area contributed by atoms with E-state index in [2.05, 4.69) is 31.0 Å². The predicted molar refractivity (Wildman–Crippen MR) is 62.6 cm³/mol. The molecule has 2 nitrogen and oxygen atoms in total. The molecule has 1 aliphatic heterocycles. The van der Waals surface area contributed by atoms with E-state index in [1.165, 1.54) is 45.3 Å². The van der Waals surface area contributed by atoms with Gasteiger partial charge in [-0.1, -0.05) is 13.8 Å². The summed E-state index contributed by atoms with van der Waals surface area (Å²) in [6.45, 7) is 10.6. The molecule has 0 radical (unpaired) electrons. The highest BCUT2D eigenvalue weighted by molar-refractivity contribution is 4.73. The van der Waals surface area contributed by atoms with E-state index in [1.807, 2.05) is 0 Å². The van der Waals surface area contributed by atoms with E-state index in [0.717, 1.165) is 6.04 Å². The third-order valence-corrected chi connectivity index (χ3v) is 3.12. The van der Waals surface area contributed by atoms with Gasteiger partial charge >= 0.3 is 0 Å². The first-order valence-electron chi connectivity index (χ1n) is 6.17. The molecule has 1 unspecified atom stereocenters. The molecule has 0 aliphatic carbocycles. The van der Waals surface area contributed by atoms with Crippen LogP contribution >= 0.6 is 0 Å². The van der Waals surface area contributed by atoms with E-state index >= 15 is 0 Å². The van der Waals surface area contributed by atoms with Crippen molar-refractivity contribution >= 4 is 0 Å². The maximum atomic E-state index is 3.47. The highest BCUT2D eigenvalue weighted by Gasteiger charge is 2.16. The normalized spacial score (nSPS) is 20.6. The third-order valence-electron chi connectivity index (χ3n) is 3.12. The summed E-state index contributed by atoms with van der Waals surface area (Å²) in [5, 5.41) is 3.47. The molecule has 14 heavy (non-hydrogen) atoms. The van der Waals surface area contributed by atoms with Gasteiger partial charge in [0, 0.05) is 12.1 Å². The Morgan fingerprint density at radius 3 is 2.36 bits per heavy atom. The van der Waals surface area contributed by atoms with Gasteiger partial charge in [-0.25, -0.2) is 0 Å². The zero-order valence-corrected chi connectivity index (χ0v) is 10.1. The van der Waals surface area contributed by atoms with Gasteiger partial charge in [0.1, 0.15) is 0 Å². The Labute approximate surface area is 89.1 Å². The van der Waals surface area contributed by atoms with Gasteiger partial charge in [0.2, 0.25) is 0 Å². The molecule has 1 saturated heterocycles. The monoisotopic (exact) mass is 198 g/mol. The van der Waals surface area contributed by atoms with Crippen LogP contribution in [0.2, 0.25) is 0 Å². The summed E-state index contributed by atoms with van der Waals surface area (Å²) in [4.78, 5) is 2.63. The van der Waals surface area contributed by atoms with Crippen molar-refractivity contribution in [1.29, 1.82) is 0 Å². The largest absolute Gasteiger partial charge is 0.315 e. The molecule has 1 N–H and O–H groups in total. The van der Waals surface area contributed by atoms with Crippen LogP contribution in [0.4, 0.5) is 0 Å². The Balaban J connectivity index is 1.99. The van der Waals surface area contributed by atoms with Gasteiger partial charge in [-0.3, -0.25) is 0 Å². The van der Waals surface area contributed by atoms with Crippen molar-refractivity contribution in [3.05, 3.63) is 0 Å². The van der Waals surface area contributed by atoms with Crippen molar-refractivity contribution in [3.63, 3.8) is 0 Å². The van der Waals surface area contributed by atoms with E-state index in [-0.39, 0.29) is 0 Å². The summed E-state index contributed by atoms with van der Waals surface area (Å²) >= 11 is 0. The molecular formula is C12H26N2. The van der Waals surface area contributed by atoms with Crippen LogP contribution in [0.15, 0.2) is 0 Å². The molecule has 0 aromatic carbocycles. The number of nitrogens with zero attached hydrogens (tertiary/aromatic N) is 1. The summed E-state index contributed by atoms with van der Waals surface area (Å²) in [5.41, 5.74) is 0. The van der Waals surface area contributed by atoms with Crippen molar-refractivity contribution in [1.82, 2.24) is 10.2 Å². The van der Waals surface area contributed by atoms with Crippen molar-refractivity contribution < 1.29 is 0 Å². The lowest BCUT2D eigenvalue weighted by molar-refractivity contribution is 0.243. The molecule has 1 rings (SSSR count). The fraction of sp³-hybridized carbons (Fsp3) is 1.00. The first-order chi connectivity index (χ1) is 6.70. The number of likely N-dealkylation sites (tertiary alicyclic amines) is 1. The van der Waals surface area contributed by atoms with Crippen LogP contribution in [-0.4, -0.2) is 36.6 Å². The van der Waals surface area contributed by atoms with Crippen LogP contribution in [0.25, 0.3) is 0 Å². The van der Waals surface area contributed by atoms with Gasteiger partial charge in [-0.15, -0.1) is 0 Å². The zero-order chi connectivity index (χ0) is 10.4. The van der Waals surface area contributed by atoms with Gasteiger partial charge in [-0.2, -0.15) is 0 Å². The minimum atomic E-state index is 0.636. The lowest BCUT2D eigenvalue weighted by Gasteiger charge is -2.23. The lowest BCUT2D eigenvalue weighted by Crippen LogP contribution is -2.31. The van der Waals surface area contributed by atoms with Crippen LogP contribution in [0.3, 0.4) is 0 Å². The van der Waals surface area contributed by atoms with Gasteiger partial charge < -0.3 is 10.2 Å². The first kappa shape index (κ1) is 12.0. The predicted octanol–water partition coefficient (Wildman–Crippen LogP) is 2.25. The van der Waals surface area contributed by atoms with Gasteiger partial charge in [0.15, 0.2) is 0 Å². The summed E-state index contributed by atoms with van der Waals surface area (Å²) in [6.07, 6.45) is 5.48. The average Bonchev–Trinajstić information content (AvgIpc) is 2.64. The Bertz CT molecular complexity index is 139. The minimum absolute atomic E-state index is 0.636. The van der Waals surface area contributed by atoms with Crippen molar-refractivity contribution in [2.24, 2.45) is 0 Å². The molecular weight excluding hydrogens is 172 g/mol. The van der Waals surface area contributed by atoms with E-state index in [0.29, 0.717) is 6.04 Å². The maximum Gasteiger partial charge on any atom is 0.00674 e. The fourth-order valence-electron chi connectivity index (χ4n) is 2.15. The minimum Gasteiger partial charge on any atom is -0.315 e. The lowest BCUT2D eigenvalue weighted by atomic mass is 10.1. The number of hydrogen-bond acceptors (Lipinski definition) is 2. The summed E-state index contributed by atoms with van der Waals surface area (Å²) < 4.78 is 0. The number of hydrogen-bond donors (Lipinski definition) is 1. The van der Waals surface area contributed by atoms with Crippen LogP contribution in [-0.2, 0) is 0 Å². The topological polar surface area (TPSA) is 15.3 Å². The van der Waals surface area contributed by atoms with Gasteiger partial charge in [0.05, 0.1) is 0 Å². The molecule has 0 aromatic heterocycles.